The summed E-state index contributed by atoms with van der Waals surface area (Å²) in [5.74, 6) is -0.357. The van der Waals surface area contributed by atoms with E-state index in [9.17, 15) is 9.59 Å². The number of carbonyl (C=O) groups is 1. The first-order valence-electron chi connectivity index (χ1n) is 6.99. The standard InChI is InChI=1S/C16H18N2O2/c1-3-16(6-7-16)11-5-4-10-8-12(14(19)17-2)15(20)18-13(10)9-11/h4-5,8-9H,3,6-7H2,1-2H3,(H,17,19)(H,18,20). The van der Waals surface area contributed by atoms with Crippen LogP contribution in [0.1, 0.15) is 42.1 Å². The van der Waals surface area contributed by atoms with Crippen LogP contribution in [-0.2, 0) is 5.41 Å². The second-order valence-corrected chi connectivity index (χ2v) is 5.53. The van der Waals surface area contributed by atoms with Crippen LogP contribution in [0.2, 0.25) is 0 Å². The zero-order valence-electron chi connectivity index (χ0n) is 11.7. The molecule has 3 rings (SSSR count). The highest BCUT2D eigenvalue weighted by atomic mass is 16.2. The first-order chi connectivity index (χ1) is 9.59. The van der Waals surface area contributed by atoms with Gasteiger partial charge in [0.2, 0.25) is 0 Å². The summed E-state index contributed by atoms with van der Waals surface area (Å²) in [5, 5.41) is 3.37. The minimum absolute atomic E-state index is 0.157. The Kier molecular flexibility index (Phi) is 2.89. The average Bonchev–Trinajstić information content (AvgIpc) is 3.26. The van der Waals surface area contributed by atoms with Crippen LogP contribution in [0.5, 0.6) is 0 Å². The lowest BCUT2D eigenvalue weighted by atomic mass is 9.92. The molecule has 20 heavy (non-hydrogen) atoms. The van der Waals surface area contributed by atoms with Gasteiger partial charge >= 0.3 is 0 Å². The highest BCUT2D eigenvalue weighted by Gasteiger charge is 2.42. The molecule has 2 aromatic rings. The molecule has 0 radical (unpaired) electrons. The van der Waals surface area contributed by atoms with Gasteiger partial charge in [0.05, 0.1) is 0 Å². The smallest absolute Gasteiger partial charge is 0.261 e. The highest BCUT2D eigenvalue weighted by Crippen LogP contribution is 2.51. The van der Waals surface area contributed by atoms with E-state index in [-0.39, 0.29) is 17.0 Å². The van der Waals surface area contributed by atoms with Crippen molar-refractivity contribution in [3.63, 3.8) is 0 Å². The molecule has 0 bridgehead atoms. The highest BCUT2D eigenvalue weighted by molar-refractivity contribution is 5.97. The maximum Gasteiger partial charge on any atom is 0.261 e. The second-order valence-electron chi connectivity index (χ2n) is 5.53. The molecule has 0 unspecified atom stereocenters. The number of nitrogens with one attached hydrogen (secondary N) is 2. The molecule has 1 amide bonds. The Balaban J connectivity index is 2.13. The molecule has 4 nitrogen and oxygen atoms in total. The number of H-pyrrole nitrogens is 1. The predicted octanol–water partition coefficient (Wildman–Crippen LogP) is 2.33. The fourth-order valence-electron chi connectivity index (χ4n) is 2.83. The van der Waals surface area contributed by atoms with Crippen molar-refractivity contribution in [2.75, 3.05) is 7.05 Å². The van der Waals surface area contributed by atoms with Crippen LogP contribution in [-0.4, -0.2) is 17.9 Å². The lowest BCUT2D eigenvalue weighted by Crippen LogP contribution is -2.26. The SMILES string of the molecule is CCC1(c2ccc3cc(C(=O)NC)c(=O)[nH]c3c2)CC1. The van der Waals surface area contributed by atoms with E-state index < -0.39 is 0 Å². The molecule has 1 aliphatic carbocycles. The second kappa shape index (κ2) is 4.47. The van der Waals surface area contributed by atoms with Crippen molar-refractivity contribution in [1.29, 1.82) is 0 Å². The van der Waals surface area contributed by atoms with E-state index in [0.717, 1.165) is 17.3 Å². The maximum atomic E-state index is 12.0. The number of hydrogen-bond donors (Lipinski definition) is 2. The van der Waals surface area contributed by atoms with Gasteiger partial charge in [0.25, 0.3) is 11.5 Å². The molecular formula is C16H18N2O2. The van der Waals surface area contributed by atoms with Crippen LogP contribution in [0.25, 0.3) is 10.9 Å². The van der Waals surface area contributed by atoms with Gasteiger partial charge in [-0.25, -0.2) is 0 Å². The number of rotatable bonds is 3. The Hall–Kier alpha value is -2.10. The Morgan fingerprint density at radius 1 is 1.35 bits per heavy atom. The summed E-state index contributed by atoms with van der Waals surface area (Å²) in [6, 6.07) is 7.82. The van der Waals surface area contributed by atoms with Gasteiger partial charge in [0.1, 0.15) is 5.56 Å². The molecule has 0 spiro atoms. The largest absolute Gasteiger partial charge is 0.355 e. The minimum Gasteiger partial charge on any atom is -0.355 e. The molecule has 1 aromatic carbocycles. The monoisotopic (exact) mass is 270 g/mol. The first-order valence-corrected chi connectivity index (χ1v) is 6.99. The van der Waals surface area contributed by atoms with E-state index in [1.165, 1.54) is 25.5 Å². The molecule has 0 saturated heterocycles. The maximum absolute atomic E-state index is 12.0. The quantitative estimate of drug-likeness (QED) is 0.899. The molecule has 1 heterocycles. The van der Waals surface area contributed by atoms with E-state index >= 15 is 0 Å². The predicted molar refractivity (Wildman–Crippen MR) is 79.2 cm³/mol. The zero-order valence-corrected chi connectivity index (χ0v) is 11.7. The number of pyridine rings is 1. The molecule has 1 aliphatic rings. The summed E-state index contributed by atoms with van der Waals surface area (Å²) in [4.78, 5) is 26.4. The van der Waals surface area contributed by atoms with Gasteiger partial charge in [-0.15, -0.1) is 0 Å². The van der Waals surface area contributed by atoms with Crippen molar-refractivity contribution in [2.45, 2.75) is 31.6 Å². The summed E-state index contributed by atoms with van der Waals surface area (Å²) < 4.78 is 0. The lowest BCUT2D eigenvalue weighted by Gasteiger charge is -2.13. The van der Waals surface area contributed by atoms with Crippen molar-refractivity contribution >= 4 is 16.8 Å². The molecule has 1 aromatic heterocycles. The molecule has 104 valence electrons. The van der Waals surface area contributed by atoms with Crippen LogP contribution in [0.3, 0.4) is 0 Å². The fourth-order valence-corrected chi connectivity index (χ4v) is 2.83. The van der Waals surface area contributed by atoms with Gasteiger partial charge in [0.15, 0.2) is 0 Å². The number of hydrogen-bond acceptors (Lipinski definition) is 2. The first kappa shape index (κ1) is 12.9. The van der Waals surface area contributed by atoms with E-state index in [2.05, 4.69) is 29.4 Å². The minimum atomic E-state index is -0.357. The van der Waals surface area contributed by atoms with E-state index in [1.54, 1.807) is 6.07 Å². The Morgan fingerprint density at radius 3 is 2.70 bits per heavy atom. The molecule has 4 heteroatoms. The molecular weight excluding hydrogens is 252 g/mol. The van der Waals surface area contributed by atoms with Crippen molar-refractivity contribution in [1.82, 2.24) is 10.3 Å². The summed E-state index contributed by atoms with van der Waals surface area (Å²) in [6.45, 7) is 2.20. The van der Waals surface area contributed by atoms with Crippen LogP contribution < -0.4 is 10.9 Å². The van der Waals surface area contributed by atoms with Crippen LogP contribution >= 0.6 is 0 Å². The zero-order chi connectivity index (χ0) is 14.3. The molecule has 0 aliphatic heterocycles. The van der Waals surface area contributed by atoms with E-state index in [0.29, 0.717) is 5.41 Å². The summed E-state index contributed by atoms with van der Waals surface area (Å²) in [5.41, 5.74) is 2.22. The van der Waals surface area contributed by atoms with E-state index in [1.807, 2.05) is 6.07 Å². The van der Waals surface area contributed by atoms with Gasteiger partial charge in [-0.2, -0.15) is 0 Å². The summed E-state index contributed by atoms with van der Waals surface area (Å²) in [6.07, 6.45) is 3.56. The Bertz CT molecular complexity index is 742. The van der Waals surface area contributed by atoms with Crippen molar-refractivity contribution in [2.24, 2.45) is 0 Å². The number of fused-ring (bicyclic) bond motifs is 1. The van der Waals surface area contributed by atoms with Crippen LogP contribution in [0, 0.1) is 0 Å². The number of aromatic amines is 1. The Morgan fingerprint density at radius 2 is 2.10 bits per heavy atom. The third-order valence-corrected chi connectivity index (χ3v) is 4.46. The van der Waals surface area contributed by atoms with Gasteiger partial charge < -0.3 is 10.3 Å². The van der Waals surface area contributed by atoms with Crippen LogP contribution in [0.4, 0.5) is 0 Å². The van der Waals surface area contributed by atoms with E-state index in [4.69, 9.17) is 0 Å². The summed E-state index contributed by atoms with van der Waals surface area (Å²) >= 11 is 0. The normalized spacial score (nSPS) is 16.1. The summed E-state index contributed by atoms with van der Waals surface area (Å²) in [7, 11) is 1.52. The molecule has 1 fully saturated rings. The topological polar surface area (TPSA) is 62.0 Å². The number of amides is 1. The van der Waals surface area contributed by atoms with Gasteiger partial charge in [-0.3, -0.25) is 9.59 Å². The van der Waals surface area contributed by atoms with Crippen LogP contribution in [0.15, 0.2) is 29.1 Å². The third kappa shape index (κ3) is 1.92. The number of benzene rings is 1. The van der Waals surface area contributed by atoms with Crippen molar-refractivity contribution < 1.29 is 4.79 Å². The number of aromatic nitrogens is 1. The van der Waals surface area contributed by atoms with Gasteiger partial charge in [-0.05, 0) is 47.8 Å². The number of carbonyl (C=O) groups excluding carboxylic acids is 1. The van der Waals surface area contributed by atoms with Gasteiger partial charge in [0, 0.05) is 12.6 Å². The lowest BCUT2D eigenvalue weighted by molar-refractivity contribution is 0.0962. The molecule has 1 saturated carbocycles. The molecule has 2 N–H and O–H groups in total. The van der Waals surface area contributed by atoms with Crippen molar-refractivity contribution in [3.8, 4) is 0 Å². The molecule has 0 atom stereocenters. The van der Waals surface area contributed by atoms with Crippen molar-refractivity contribution in [3.05, 3.63) is 45.7 Å². The third-order valence-electron chi connectivity index (χ3n) is 4.46. The van der Waals surface area contributed by atoms with Gasteiger partial charge in [-0.1, -0.05) is 19.1 Å². The fraction of sp³-hybridized carbons (Fsp3) is 0.375. The Labute approximate surface area is 117 Å². The average molecular weight is 270 g/mol.